The first-order valence-electron chi connectivity index (χ1n) is 11.2. The number of likely N-dealkylation sites (tertiary alicyclic amines) is 1. The van der Waals surface area contributed by atoms with Crippen molar-refractivity contribution in [2.24, 2.45) is 24.8 Å². The third-order valence-corrected chi connectivity index (χ3v) is 7.00. The van der Waals surface area contributed by atoms with Crippen molar-refractivity contribution < 1.29 is 4.74 Å². The second-order valence-corrected chi connectivity index (χ2v) is 9.31. The van der Waals surface area contributed by atoms with Gasteiger partial charge in [-0.3, -0.25) is 4.79 Å². The van der Waals surface area contributed by atoms with Crippen LogP contribution in [0.25, 0.3) is 11.3 Å². The van der Waals surface area contributed by atoms with E-state index < -0.39 is 0 Å². The van der Waals surface area contributed by atoms with Crippen molar-refractivity contribution in [3.8, 4) is 11.3 Å². The number of fused-ring (bicyclic) bond motifs is 1. The van der Waals surface area contributed by atoms with E-state index in [1.165, 1.54) is 45.3 Å². The van der Waals surface area contributed by atoms with Gasteiger partial charge in [-0.25, -0.2) is 0 Å². The molecule has 3 aliphatic rings. The summed E-state index contributed by atoms with van der Waals surface area (Å²) in [6.07, 6.45) is 6.77. The van der Waals surface area contributed by atoms with E-state index in [9.17, 15) is 4.79 Å². The molecule has 2 aliphatic heterocycles. The van der Waals surface area contributed by atoms with Crippen molar-refractivity contribution in [1.82, 2.24) is 19.7 Å². The van der Waals surface area contributed by atoms with Crippen molar-refractivity contribution in [2.75, 3.05) is 38.2 Å². The lowest BCUT2D eigenvalue weighted by atomic mass is 10.0. The predicted molar refractivity (Wildman–Crippen MR) is 116 cm³/mol. The van der Waals surface area contributed by atoms with E-state index in [0.29, 0.717) is 6.04 Å². The zero-order valence-corrected chi connectivity index (χ0v) is 17.7. The largest absolute Gasteiger partial charge is 0.381 e. The van der Waals surface area contributed by atoms with E-state index in [1.54, 1.807) is 29.9 Å². The van der Waals surface area contributed by atoms with Crippen LogP contribution in [-0.4, -0.2) is 58.6 Å². The van der Waals surface area contributed by atoms with Crippen LogP contribution in [0.2, 0.25) is 0 Å². The molecule has 7 nitrogen and oxygen atoms in total. The molecule has 0 aromatic carbocycles. The number of hydrogen-bond acceptors (Lipinski definition) is 6. The number of rotatable bonds is 5. The Hall–Kier alpha value is -2.25. The fourth-order valence-corrected chi connectivity index (χ4v) is 5.50. The summed E-state index contributed by atoms with van der Waals surface area (Å²) in [7, 11) is 1.75. The molecule has 160 valence electrons. The van der Waals surface area contributed by atoms with E-state index in [1.807, 2.05) is 12.1 Å². The highest BCUT2D eigenvalue weighted by Crippen LogP contribution is 2.39. The number of nitrogens with zero attached hydrogens (tertiary/aromatic N) is 4. The SMILES string of the molecule is Cn1cc(-c2ccc(NC3C[C@@H]4CN(CC5CCCOC5)C[C@@H]4C3)nn2)ccc1=O. The summed E-state index contributed by atoms with van der Waals surface area (Å²) in [5.74, 6) is 3.16. The molecule has 4 atom stereocenters. The zero-order chi connectivity index (χ0) is 20.5. The molecule has 2 aromatic rings. The van der Waals surface area contributed by atoms with Crippen LogP contribution in [0.5, 0.6) is 0 Å². The van der Waals surface area contributed by atoms with E-state index in [0.717, 1.165) is 48.0 Å². The Bertz CT molecular complexity index is 908. The lowest BCUT2D eigenvalue weighted by Gasteiger charge is -2.27. The number of anilines is 1. The van der Waals surface area contributed by atoms with Crippen LogP contribution < -0.4 is 10.9 Å². The summed E-state index contributed by atoms with van der Waals surface area (Å²) in [5, 5.41) is 12.3. The van der Waals surface area contributed by atoms with Crippen LogP contribution in [-0.2, 0) is 11.8 Å². The van der Waals surface area contributed by atoms with Crippen molar-refractivity contribution >= 4 is 5.82 Å². The lowest BCUT2D eigenvalue weighted by Crippen LogP contribution is -2.33. The second kappa shape index (κ2) is 8.47. The van der Waals surface area contributed by atoms with Crippen molar-refractivity contribution in [3.63, 3.8) is 0 Å². The molecule has 0 spiro atoms. The quantitative estimate of drug-likeness (QED) is 0.818. The number of hydrogen-bond donors (Lipinski definition) is 1. The summed E-state index contributed by atoms with van der Waals surface area (Å²) in [6.45, 7) is 5.57. The van der Waals surface area contributed by atoms with Gasteiger partial charge in [0.05, 0.1) is 12.3 Å². The molecule has 4 heterocycles. The number of nitrogens with one attached hydrogen (secondary N) is 1. The third-order valence-electron chi connectivity index (χ3n) is 7.00. The normalized spacial score (nSPS) is 29.1. The van der Waals surface area contributed by atoms with Crippen molar-refractivity contribution in [1.29, 1.82) is 0 Å². The van der Waals surface area contributed by atoms with Crippen LogP contribution in [0.3, 0.4) is 0 Å². The van der Waals surface area contributed by atoms with Gasteiger partial charge in [0.25, 0.3) is 0 Å². The molecule has 1 N–H and O–H groups in total. The average Bonchev–Trinajstić information content (AvgIpc) is 3.29. The Morgan fingerprint density at radius 2 is 1.97 bits per heavy atom. The molecule has 1 aliphatic carbocycles. The molecule has 1 saturated carbocycles. The summed E-state index contributed by atoms with van der Waals surface area (Å²) >= 11 is 0. The van der Waals surface area contributed by atoms with Gasteiger partial charge >= 0.3 is 0 Å². The van der Waals surface area contributed by atoms with Crippen molar-refractivity contribution in [3.05, 3.63) is 40.8 Å². The molecule has 30 heavy (non-hydrogen) atoms. The minimum Gasteiger partial charge on any atom is -0.381 e. The smallest absolute Gasteiger partial charge is 0.250 e. The first-order valence-corrected chi connectivity index (χ1v) is 11.2. The first-order chi connectivity index (χ1) is 14.6. The molecule has 3 fully saturated rings. The fraction of sp³-hybridized carbons (Fsp3) is 0.609. The minimum atomic E-state index is -0.0255. The molecule has 5 rings (SSSR count). The first kappa shape index (κ1) is 19.7. The highest BCUT2D eigenvalue weighted by atomic mass is 16.5. The highest BCUT2D eigenvalue weighted by Gasteiger charge is 2.41. The van der Waals surface area contributed by atoms with Gasteiger partial charge in [0.1, 0.15) is 5.82 Å². The lowest BCUT2D eigenvalue weighted by molar-refractivity contribution is 0.0407. The Balaban J connectivity index is 1.14. The zero-order valence-electron chi connectivity index (χ0n) is 17.7. The van der Waals surface area contributed by atoms with Gasteiger partial charge in [-0.2, -0.15) is 0 Å². The molecule has 2 aromatic heterocycles. The standard InChI is InChI=1S/C23H31N5O2/c1-27-12-17(4-7-23(27)29)21-5-6-22(26-25-21)24-20-9-18-13-28(14-19(18)10-20)11-16-3-2-8-30-15-16/h4-7,12,16,18-20H,2-3,8-11,13-15H2,1H3,(H,24,26)/t16?,18-,19+,20?. The van der Waals surface area contributed by atoms with Crippen LogP contribution in [0.15, 0.2) is 35.3 Å². The fourth-order valence-electron chi connectivity index (χ4n) is 5.50. The molecule has 0 amide bonds. The molecule has 7 heteroatoms. The van der Waals surface area contributed by atoms with Gasteiger partial charge in [-0.1, -0.05) is 0 Å². The van der Waals surface area contributed by atoms with Crippen LogP contribution >= 0.6 is 0 Å². The van der Waals surface area contributed by atoms with Crippen molar-refractivity contribution in [2.45, 2.75) is 31.7 Å². The Kier molecular flexibility index (Phi) is 5.56. The van der Waals surface area contributed by atoms with Gasteiger partial charge < -0.3 is 19.5 Å². The molecule has 0 bridgehead atoms. The number of aryl methyl sites for hydroxylation is 1. The average molecular weight is 410 g/mol. The van der Waals surface area contributed by atoms with Crippen LogP contribution in [0, 0.1) is 17.8 Å². The molecular formula is C23H31N5O2. The predicted octanol–water partition coefficient (Wildman–Crippen LogP) is 2.39. The Morgan fingerprint density at radius 3 is 2.63 bits per heavy atom. The third kappa shape index (κ3) is 4.27. The van der Waals surface area contributed by atoms with E-state index in [2.05, 4.69) is 20.4 Å². The molecule has 2 saturated heterocycles. The maximum absolute atomic E-state index is 11.6. The monoisotopic (exact) mass is 409 g/mol. The van der Waals surface area contributed by atoms with Crippen LogP contribution in [0.1, 0.15) is 25.7 Å². The minimum absolute atomic E-state index is 0.0255. The van der Waals surface area contributed by atoms with E-state index in [4.69, 9.17) is 4.74 Å². The van der Waals surface area contributed by atoms with Gasteiger partial charge in [0.15, 0.2) is 0 Å². The topological polar surface area (TPSA) is 72.3 Å². The number of ether oxygens (including phenoxy) is 1. The number of aromatic nitrogens is 3. The van der Waals surface area contributed by atoms with Crippen LogP contribution in [0.4, 0.5) is 5.82 Å². The molecular weight excluding hydrogens is 378 g/mol. The van der Waals surface area contributed by atoms with E-state index >= 15 is 0 Å². The molecule has 2 unspecified atom stereocenters. The number of pyridine rings is 1. The van der Waals surface area contributed by atoms with Gasteiger partial charge in [-0.05, 0) is 61.6 Å². The summed E-state index contributed by atoms with van der Waals surface area (Å²) in [6, 6.07) is 7.81. The second-order valence-electron chi connectivity index (χ2n) is 9.31. The van der Waals surface area contributed by atoms with Gasteiger partial charge in [-0.15, -0.1) is 10.2 Å². The Morgan fingerprint density at radius 1 is 1.13 bits per heavy atom. The summed E-state index contributed by atoms with van der Waals surface area (Å²) in [5.41, 5.74) is 1.65. The summed E-state index contributed by atoms with van der Waals surface area (Å²) < 4.78 is 7.21. The van der Waals surface area contributed by atoms with Gasteiger partial charge in [0.2, 0.25) is 5.56 Å². The maximum atomic E-state index is 11.6. The van der Waals surface area contributed by atoms with Gasteiger partial charge in [0, 0.05) is 57.2 Å². The summed E-state index contributed by atoms with van der Waals surface area (Å²) in [4.78, 5) is 14.2. The molecule has 0 radical (unpaired) electrons. The Labute approximate surface area is 177 Å². The van der Waals surface area contributed by atoms with E-state index in [-0.39, 0.29) is 5.56 Å². The maximum Gasteiger partial charge on any atom is 0.250 e. The highest BCUT2D eigenvalue weighted by molar-refractivity contribution is 5.58.